The van der Waals surface area contributed by atoms with Gasteiger partial charge in [0.1, 0.15) is 12.0 Å². The predicted octanol–water partition coefficient (Wildman–Crippen LogP) is 0.905. The van der Waals surface area contributed by atoms with Crippen molar-refractivity contribution in [3.63, 3.8) is 0 Å². The monoisotopic (exact) mass is 346 g/mol. The molecule has 7 nitrogen and oxygen atoms in total. The van der Waals surface area contributed by atoms with E-state index in [9.17, 15) is 19.5 Å². The van der Waals surface area contributed by atoms with Crippen molar-refractivity contribution in [1.29, 1.82) is 0 Å². The molecule has 7 heteroatoms. The molecule has 1 fully saturated rings. The number of esters is 1. The summed E-state index contributed by atoms with van der Waals surface area (Å²) in [4.78, 5) is 38.3. The van der Waals surface area contributed by atoms with E-state index in [1.807, 2.05) is 18.2 Å². The van der Waals surface area contributed by atoms with Crippen LogP contribution >= 0.6 is 0 Å². The second kappa shape index (κ2) is 8.98. The van der Waals surface area contributed by atoms with Gasteiger partial charge in [0.05, 0.1) is 12.7 Å². The maximum atomic E-state index is 12.1. The van der Waals surface area contributed by atoms with Gasteiger partial charge < -0.3 is 19.5 Å². The van der Waals surface area contributed by atoms with Gasteiger partial charge in [-0.1, -0.05) is 30.3 Å². The van der Waals surface area contributed by atoms with Gasteiger partial charge in [-0.3, -0.25) is 4.90 Å². The molecule has 1 aliphatic heterocycles. The Labute approximate surface area is 146 Å². The van der Waals surface area contributed by atoms with Crippen LogP contribution in [0.15, 0.2) is 41.6 Å². The number of rotatable bonds is 7. The Morgan fingerprint density at radius 3 is 2.32 bits per heavy atom. The van der Waals surface area contributed by atoms with E-state index >= 15 is 0 Å². The number of methoxy groups -OCH3 is 1. The minimum Gasteiger partial charge on any atom is -0.478 e. The van der Waals surface area contributed by atoms with Gasteiger partial charge in [-0.2, -0.15) is 0 Å². The first-order valence-electron chi connectivity index (χ1n) is 8.06. The lowest BCUT2D eigenvalue weighted by Crippen LogP contribution is -2.47. The van der Waals surface area contributed by atoms with Crippen molar-refractivity contribution in [3.8, 4) is 0 Å². The maximum absolute atomic E-state index is 12.1. The van der Waals surface area contributed by atoms with E-state index in [2.05, 4.69) is 17.0 Å². The molecule has 1 heterocycles. The number of aldehydes is 1. The molecule has 1 aromatic rings. The van der Waals surface area contributed by atoms with Crippen molar-refractivity contribution < 1.29 is 24.2 Å². The molecule has 0 spiro atoms. The van der Waals surface area contributed by atoms with E-state index in [0.717, 1.165) is 6.54 Å². The number of ether oxygens (including phenoxy) is 1. The molecule has 0 aromatic heterocycles. The van der Waals surface area contributed by atoms with Crippen LogP contribution < -0.4 is 0 Å². The molecule has 0 unspecified atom stereocenters. The van der Waals surface area contributed by atoms with E-state index < -0.39 is 11.9 Å². The van der Waals surface area contributed by atoms with Crippen molar-refractivity contribution in [2.75, 3.05) is 33.3 Å². The topological polar surface area (TPSA) is 87.1 Å². The van der Waals surface area contributed by atoms with Crippen LogP contribution in [-0.4, -0.2) is 66.4 Å². The molecular weight excluding hydrogens is 324 g/mol. The normalized spacial score (nSPS) is 16.1. The van der Waals surface area contributed by atoms with Crippen molar-refractivity contribution >= 4 is 18.2 Å². The van der Waals surface area contributed by atoms with Gasteiger partial charge in [0.25, 0.3) is 0 Å². The van der Waals surface area contributed by atoms with Gasteiger partial charge in [0.15, 0.2) is 0 Å². The number of nitrogens with zero attached hydrogens (tertiary/aromatic N) is 2. The molecule has 134 valence electrons. The predicted molar refractivity (Wildman–Crippen MR) is 90.7 cm³/mol. The van der Waals surface area contributed by atoms with Gasteiger partial charge in [-0.05, 0) is 5.56 Å². The number of carbonyl (C=O) groups excluding carboxylic acids is 2. The second-order valence-corrected chi connectivity index (χ2v) is 5.74. The SMILES string of the molecule is COC(=O)C(=C(CC=O)C(=O)O)N1CCN(Cc2ccccc2)CC1. The lowest BCUT2D eigenvalue weighted by molar-refractivity contribution is -0.140. The third-order valence-electron chi connectivity index (χ3n) is 4.15. The van der Waals surface area contributed by atoms with Crippen LogP contribution in [0.4, 0.5) is 0 Å². The molecule has 0 saturated carbocycles. The van der Waals surface area contributed by atoms with Gasteiger partial charge >= 0.3 is 11.9 Å². The zero-order chi connectivity index (χ0) is 18.2. The van der Waals surface area contributed by atoms with Crippen LogP contribution in [0.3, 0.4) is 0 Å². The van der Waals surface area contributed by atoms with E-state index in [4.69, 9.17) is 4.74 Å². The summed E-state index contributed by atoms with van der Waals surface area (Å²) in [5, 5.41) is 9.34. The van der Waals surface area contributed by atoms with Crippen LogP contribution in [0.5, 0.6) is 0 Å². The molecule has 1 saturated heterocycles. The summed E-state index contributed by atoms with van der Waals surface area (Å²) in [6.45, 7) is 3.15. The molecule has 1 N–H and O–H groups in total. The van der Waals surface area contributed by atoms with Crippen LogP contribution in [0, 0.1) is 0 Å². The standard InChI is InChI=1S/C18H22N2O5/c1-25-18(24)16(15(7-12-21)17(22)23)20-10-8-19(9-11-20)13-14-5-3-2-4-6-14/h2-6,12H,7-11,13H2,1H3,(H,22,23). The lowest BCUT2D eigenvalue weighted by Gasteiger charge is -2.37. The Kier molecular flexibility index (Phi) is 6.71. The minimum absolute atomic E-state index is 0.0264. The fourth-order valence-corrected chi connectivity index (χ4v) is 2.88. The van der Waals surface area contributed by atoms with Crippen LogP contribution in [0.1, 0.15) is 12.0 Å². The zero-order valence-electron chi connectivity index (χ0n) is 14.2. The highest BCUT2D eigenvalue weighted by atomic mass is 16.5. The molecule has 2 rings (SSSR count). The third kappa shape index (κ3) is 4.90. The summed E-state index contributed by atoms with van der Waals surface area (Å²) in [7, 11) is 1.20. The van der Waals surface area contributed by atoms with Gasteiger partial charge in [-0.15, -0.1) is 0 Å². The average Bonchev–Trinajstić information content (AvgIpc) is 2.63. The first-order valence-corrected chi connectivity index (χ1v) is 8.06. The fourth-order valence-electron chi connectivity index (χ4n) is 2.88. The summed E-state index contributed by atoms with van der Waals surface area (Å²) in [5.41, 5.74) is 0.951. The second-order valence-electron chi connectivity index (χ2n) is 5.74. The Hall–Kier alpha value is -2.67. The summed E-state index contributed by atoms with van der Waals surface area (Å²) < 4.78 is 4.73. The van der Waals surface area contributed by atoms with E-state index in [1.165, 1.54) is 12.7 Å². The van der Waals surface area contributed by atoms with E-state index in [0.29, 0.717) is 32.5 Å². The van der Waals surface area contributed by atoms with Crippen LogP contribution in [-0.2, 0) is 25.7 Å². The highest BCUT2D eigenvalue weighted by Gasteiger charge is 2.29. The molecule has 0 amide bonds. The van der Waals surface area contributed by atoms with Crippen molar-refractivity contribution in [1.82, 2.24) is 9.80 Å². The van der Waals surface area contributed by atoms with Crippen molar-refractivity contribution in [2.45, 2.75) is 13.0 Å². The number of hydrogen-bond acceptors (Lipinski definition) is 6. The molecule has 0 bridgehead atoms. The smallest absolute Gasteiger partial charge is 0.354 e. The highest BCUT2D eigenvalue weighted by Crippen LogP contribution is 2.19. The first-order chi connectivity index (χ1) is 12.1. The Morgan fingerprint density at radius 2 is 1.80 bits per heavy atom. The molecule has 25 heavy (non-hydrogen) atoms. The van der Waals surface area contributed by atoms with Gasteiger partial charge in [0.2, 0.25) is 0 Å². The largest absolute Gasteiger partial charge is 0.478 e. The fraction of sp³-hybridized carbons (Fsp3) is 0.389. The molecule has 1 aliphatic rings. The molecule has 1 aromatic carbocycles. The van der Waals surface area contributed by atoms with Crippen LogP contribution in [0.25, 0.3) is 0 Å². The Balaban J connectivity index is 2.11. The first kappa shape index (κ1) is 18.7. The summed E-state index contributed by atoms with van der Waals surface area (Å²) in [5.74, 6) is -2.00. The number of carboxylic acid groups (broad SMARTS) is 1. The summed E-state index contributed by atoms with van der Waals surface area (Å²) in [6.07, 6.45) is 0.155. The number of hydrogen-bond donors (Lipinski definition) is 1. The quantitative estimate of drug-likeness (QED) is 0.446. The lowest BCUT2D eigenvalue weighted by atomic mass is 10.1. The zero-order valence-corrected chi connectivity index (χ0v) is 14.2. The average molecular weight is 346 g/mol. The van der Waals surface area contributed by atoms with E-state index in [-0.39, 0.29) is 17.7 Å². The highest BCUT2D eigenvalue weighted by molar-refractivity contribution is 6.00. The number of piperazine rings is 1. The Morgan fingerprint density at radius 1 is 1.16 bits per heavy atom. The number of carboxylic acids is 1. The maximum Gasteiger partial charge on any atom is 0.354 e. The molecule has 0 atom stereocenters. The molecule has 0 radical (unpaired) electrons. The number of aliphatic carboxylic acids is 1. The van der Waals surface area contributed by atoms with Gasteiger partial charge in [0, 0.05) is 39.1 Å². The van der Waals surface area contributed by atoms with Gasteiger partial charge in [-0.25, -0.2) is 9.59 Å². The van der Waals surface area contributed by atoms with Crippen molar-refractivity contribution in [3.05, 3.63) is 47.2 Å². The molecular formula is C18H22N2O5. The minimum atomic E-state index is -1.28. The third-order valence-corrected chi connectivity index (χ3v) is 4.15. The summed E-state index contributed by atoms with van der Waals surface area (Å²) in [6, 6.07) is 10.1. The number of carbonyl (C=O) groups is 3. The number of benzene rings is 1. The molecule has 0 aliphatic carbocycles. The van der Waals surface area contributed by atoms with E-state index in [1.54, 1.807) is 4.90 Å². The van der Waals surface area contributed by atoms with Crippen molar-refractivity contribution in [2.24, 2.45) is 0 Å². The van der Waals surface area contributed by atoms with Crippen LogP contribution in [0.2, 0.25) is 0 Å². The Bertz CT molecular complexity index is 649. The summed E-state index contributed by atoms with van der Waals surface area (Å²) >= 11 is 0.